The number of aliphatic hydroxyl groups is 2. The zero-order chi connectivity index (χ0) is 21.1. The highest BCUT2D eigenvalue weighted by Crippen LogP contribution is 2.25. The van der Waals surface area contributed by atoms with Gasteiger partial charge >= 0.3 is 0 Å². The minimum absolute atomic E-state index is 0.105. The summed E-state index contributed by atoms with van der Waals surface area (Å²) in [6, 6.07) is 14.9. The molecule has 6 nitrogen and oxygen atoms in total. The summed E-state index contributed by atoms with van der Waals surface area (Å²) in [6.07, 6.45) is -2.28. The van der Waals surface area contributed by atoms with Gasteiger partial charge in [0.25, 0.3) is 11.8 Å². The van der Waals surface area contributed by atoms with Crippen molar-refractivity contribution >= 4 is 27.7 Å². The second-order valence-electron chi connectivity index (χ2n) is 7.45. The van der Waals surface area contributed by atoms with E-state index in [0.29, 0.717) is 12.8 Å². The fourth-order valence-corrected chi connectivity index (χ4v) is 3.87. The third-order valence-electron chi connectivity index (χ3n) is 5.47. The van der Waals surface area contributed by atoms with E-state index < -0.39 is 24.0 Å². The van der Waals surface area contributed by atoms with Gasteiger partial charge in [-0.1, -0.05) is 52.3 Å². The van der Waals surface area contributed by atoms with Crippen LogP contribution in [0.15, 0.2) is 53.0 Å². The van der Waals surface area contributed by atoms with Crippen LogP contribution in [-0.2, 0) is 22.4 Å². The standard InChI is InChI=1S/C22H25BrN2O4/c1-13(14-7-9-17(23)10-8-14)24-21(28)19(26)20(27)22(29)25(2)18-11-15-5-3-4-6-16(15)12-18/h3-10,13,18-20,26-27H,11-12H2,1-2H3,(H,24,28). The van der Waals surface area contributed by atoms with Gasteiger partial charge in [-0.05, 0) is 48.6 Å². The van der Waals surface area contributed by atoms with Crippen molar-refractivity contribution in [1.29, 1.82) is 0 Å². The van der Waals surface area contributed by atoms with Gasteiger partial charge in [-0.15, -0.1) is 0 Å². The summed E-state index contributed by atoms with van der Waals surface area (Å²) >= 11 is 3.35. The van der Waals surface area contributed by atoms with Crippen molar-refractivity contribution in [1.82, 2.24) is 10.2 Å². The molecular formula is C22H25BrN2O4. The number of nitrogens with zero attached hydrogens (tertiary/aromatic N) is 1. The first-order valence-corrected chi connectivity index (χ1v) is 10.3. The Hall–Kier alpha value is -2.22. The second kappa shape index (κ2) is 9.07. The molecule has 1 aliphatic rings. The Bertz CT molecular complexity index is 862. The Morgan fingerprint density at radius 3 is 2.14 bits per heavy atom. The van der Waals surface area contributed by atoms with Crippen LogP contribution in [0.1, 0.15) is 29.7 Å². The first-order valence-electron chi connectivity index (χ1n) is 9.53. The number of nitrogens with one attached hydrogen (secondary N) is 1. The SMILES string of the molecule is CC(NC(=O)C(O)C(O)C(=O)N(C)C1Cc2ccccc2C1)c1ccc(Br)cc1. The molecule has 3 N–H and O–H groups in total. The lowest BCUT2D eigenvalue weighted by molar-refractivity contribution is -0.153. The minimum atomic E-state index is -1.84. The van der Waals surface area contributed by atoms with E-state index >= 15 is 0 Å². The third-order valence-corrected chi connectivity index (χ3v) is 6.00. The number of fused-ring (bicyclic) bond motifs is 1. The first-order chi connectivity index (χ1) is 13.8. The van der Waals surface area contributed by atoms with E-state index in [2.05, 4.69) is 21.2 Å². The summed E-state index contributed by atoms with van der Waals surface area (Å²) in [5.74, 6) is -1.45. The number of halogens is 1. The topological polar surface area (TPSA) is 89.9 Å². The number of carbonyl (C=O) groups is 2. The van der Waals surface area contributed by atoms with Gasteiger partial charge in [0.05, 0.1) is 6.04 Å². The number of amides is 2. The molecule has 0 saturated heterocycles. The molecule has 1 aliphatic carbocycles. The molecule has 154 valence electrons. The molecule has 3 atom stereocenters. The summed E-state index contributed by atoms with van der Waals surface area (Å²) in [7, 11) is 1.59. The van der Waals surface area contributed by atoms with Crippen molar-refractivity contribution in [3.8, 4) is 0 Å². The smallest absolute Gasteiger partial charge is 0.254 e. The van der Waals surface area contributed by atoms with Crippen LogP contribution >= 0.6 is 15.9 Å². The maximum Gasteiger partial charge on any atom is 0.254 e. The number of likely N-dealkylation sites (N-methyl/N-ethyl adjacent to an activating group) is 1. The maximum absolute atomic E-state index is 12.7. The van der Waals surface area contributed by atoms with Crippen molar-refractivity contribution < 1.29 is 19.8 Å². The van der Waals surface area contributed by atoms with E-state index in [1.165, 1.54) is 16.0 Å². The molecule has 0 fully saturated rings. The molecule has 0 aromatic heterocycles. The molecule has 2 aromatic rings. The lowest BCUT2D eigenvalue weighted by atomic mass is 10.1. The number of hydrogen-bond acceptors (Lipinski definition) is 4. The quantitative estimate of drug-likeness (QED) is 0.614. The molecular weight excluding hydrogens is 436 g/mol. The molecule has 2 aromatic carbocycles. The van der Waals surface area contributed by atoms with Gasteiger partial charge < -0.3 is 20.4 Å². The maximum atomic E-state index is 12.7. The summed E-state index contributed by atoms with van der Waals surface area (Å²) < 4.78 is 0.915. The molecule has 0 heterocycles. The van der Waals surface area contributed by atoms with Gasteiger partial charge in [0.1, 0.15) is 0 Å². The van der Waals surface area contributed by atoms with Crippen molar-refractivity contribution in [2.24, 2.45) is 0 Å². The minimum Gasteiger partial charge on any atom is -0.380 e. The van der Waals surface area contributed by atoms with Crippen LogP contribution in [0.2, 0.25) is 0 Å². The number of aliphatic hydroxyl groups excluding tert-OH is 2. The lowest BCUT2D eigenvalue weighted by Gasteiger charge is -2.28. The van der Waals surface area contributed by atoms with Crippen molar-refractivity contribution in [3.05, 3.63) is 69.7 Å². The summed E-state index contributed by atoms with van der Waals surface area (Å²) in [5, 5.41) is 23.2. The highest BCUT2D eigenvalue weighted by Gasteiger charge is 2.36. The van der Waals surface area contributed by atoms with Gasteiger partial charge in [-0.25, -0.2) is 0 Å². The highest BCUT2D eigenvalue weighted by atomic mass is 79.9. The van der Waals surface area contributed by atoms with E-state index in [1.54, 1.807) is 14.0 Å². The average Bonchev–Trinajstić information content (AvgIpc) is 3.16. The van der Waals surface area contributed by atoms with Gasteiger partial charge in [0, 0.05) is 17.6 Å². The van der Waals surface area contributed by atoms with E-state index in [-0.39, 0.29) is 12.1 Å². The molecule has 7 heteroatoms. The fourth-order valence-electron chi connectivity index (χ4n) is 3.61. The predicted molar refractivity (Wildman–Crippen MR) is 113 cm³/mol. The van der Waals surface area contributed by atoms with E-state index in [0.717, 1.165) is 10.0 Å². The molecule has 2 amide bonds. The second-order valence-corrected chi connectivity index (χ2v) is 8.37. The predicted octanol–water partition coefficient (Wildman–Crippen LogP) is 1.97. The van der Waals surface area contributed by atoms with E-state index in [1.807, 2.05) is 48.5 Å². The molecule has 0 saturated carbocycles. The molecule has 0 bridgehead atoms. The van der Waals surface area contributed by atoms with Crippen LogP contribution in [-0.4, -0.2) is 52.2 Å². The van der Waals surface area contributed by atoms with E-state index in [9.17, 15) is 19.8 Å². The largest absolute Gasteiger partial charge is 0.380 e. The summed E-state index contributed by atoms with van der Waals surface area (Å²) in [6.45, 7) is 1.77. The van der Waals surface area contributed by atoms with Gasteiger partial charge in [-0.3, -0.25) is 9.59 Å². The normalized spacial score (nSPS) is 16.6. The van der Waals surface area contributed by atoms with Gasteiger partial charge in [-0.2, -0.15) is 0 Å². The Balaban J connectivity index is 1.58. The van der Waals surface area contributed by atoms with Crippen LogP contribution in [0.5, 0.6) is 0 Å². The van der Waals surface area contributed by atoms with Crippen molar-refractivity contribution in [2.75, 3.05) is 7.05 Å². The van der Waals surface area contributed by atoms with Gasteiger partial charge in [0.2, 0.25) is 0 Å². The Morgan fingerprint density at radius 1 is 1.03 bits per heavy atom. The highest BCUT2D eigenvalue weighted by molar-refractivity contribution is 9.10. The van der Waals surface area contributed by atoms with Crippen molar-refractivity contribution in [3.63, 3.8) is 0 Å². The Labute approximate surface area is 178 Å². The molecule has 0 aliphatic heterocycles. The lowest BCUT2D eigenvalue weighted by Crippen LogP contribution is -2.52. The van der Waals surface area contributed by atoms with Crippen LogP contribution < -0.4 is 5.32 Å². The zero-order valence-electron chi connectivity index (χ0n) is 16.4. The Morgan fingerprint density at radius 2 is 1.59 bits per heavy atom. The molecule has 29 heavy (non-hydrogen) atoms. The van der Waals surface area contributed by atoms with Crippen LogP contribution in [0.4, 0.5) is 0 Å². The first kappa shape index (κ1) is 21.5. The molecule has 3 rings (SSSR count). The van der Waals surface area contributed by atoms with E-state index in [4.69, 9.17) is 0 Å². The zero-order valence-corrected chi connectivity index (χ0v) is 18.0. The number of hydrogen-bond donors (Lipinski definition) is 3. The van der Waals surface area contributed by atoms with Crippen LogP contribution in [0.25, 0.3) is 0 Å². The third kappa shape index (κ3) is 4.86. The molecule has 0 radical (unpaired) electrons. The molecule has 3 unspecified atom stereocenters. The summed E-state index contributed by atoms with van der Waals surface area (Å²) in [4.78, 5) is 26.4. The van der Waals surface area contributed by atoms with Crippen LogP contribution in [0.3, 0.4) is 0 Å². The number of carbonyl (C=O) groups excluding carboxylic acids is 2. The fraction of sp³-hybridized carbons (Fsp3) is 0.364. The summed E-state index contributed by atoms with van der Waals surface area (Å²) in [5.41, 5.74) is 3.19. The number of benzene rings is 2. The van der Waals surface area contributed by atoms with Crippen LogP contribution in [0, 0.1) is 0 Å². The number of rotatable bonds is 6. The average molecular weight is 461 g/mol. The Kier molecular flexibility index (Phi) is 6.72. The van der Waals surface area contributed by atoms with Crippen molar-refractivity contribution in [2.45, 2.75) is 44.1 Å². The van der Waals surface area contributed by atoms with Gasteiger partial charge in [0.15, 0.2) is 12.2 Å². The molecule has 0 spiro atoms. The monoisotopic (exact) mass is 460 g/mol.